The number of ether oxygens (including phenoxy) is 1. The molecule has 2 aromatic carbocycles. The number of nitrogens with one attached hydrogen (secondary N) is 1. The van der Waals surface area contributed by atoms with Crippen molar-refractivity contribution in [3.63, 3.8) is 0 Å². The van der Waals surface area contributed by atoms with Crippen LogP contribution in [-0.4, -0.2) is 40.6 Å². The molecule has 1 aliphatic rings. The highest BCUT2D eigenvalue weighted by molar-refractivity contribution is 8.00. The van der Waals surface area contributed by atoms with E-state index in [1.165, 1.54) is 11.8 Å². The second kappa shape index (κ2) is 8.69. The number of nitrogens with zero attached hydrogens (tertiary/aromatic N) is 1. The quantitative estimate of drug-likeness (QED) is 0.758. The normalized spacial score (nSPS) is 13.3. The molecule has 0 aromatic heterocycles. The van der Waals surface area contributed by atoms with E-state index in [1.54, 1.807) is 23.1 Å². The highest BCUT2D eigenvalue weighted by atomic mass is 32.2. The molecule has 0 radical (unpaired) electrons. The molecular weight excluding hydrogens is 388 g/mol. The fourth-order valence-electron chi connectivity index (χ4n) is 2.96. The standard InChI is InChI=1S/C22H24N2O4S/c1-22(2,3)24(12-15-7-5-4-6-8-15)20(26)13-28-21(27)16-9-10-18-17(11-16)23-19(25)14-29-18/h4-11H,12-14H2,1-3H3,(H,23,25). The summed E-state index contributed by atoms with van der Waals surface area (Å²) in [5, 5.41) is 2.74. The number of benzene rings is 2. The molecule has 2 amide bonds. The number of carbonyl (C=O) groups excluding carboxylic acids is 3. The molecule has 0 atom stereocenters. The van der Waals surface area contributed by atoms with Crippen LogP contribution in [0, 0.1) is 0 Å². The summed E-state index contributed by atoms with van der Waals surface area (Å²) in [6, 6.07) is 14.7. The van der Waals surface area contributed by atoms with Crippen LogP contribution in [0.1, 0.15) is 36.7 Å². The summed E-state index contributed by atoms with van der Waals surface area (Å²) >= 11 is 1.42. The van der Waals surface area contributed by atoms with Crippen molar-refractivity contribution in [1.29, 1.82) is 0 Å². The first-order valence-corrected chi connectivity index (χ1v) is 10.3. The largest absolute Gasteiger partial charge is 0.452 e. The molecule has 152 valence electrons. The van der Waals surface area contributed by atoms with Crippen LogP contribution in [0.3, 0.4) is 0 Å². The van der Waals surface area contributed by atoms with Gasteiger partial charge in [0, 0.05) is 17.0 Å². The Hall–Kier alpha value is -2.80. The van der Waals surface area contributed by atoms with Gasteiger partial charge in [-0.3, -0.25) is 9.59 Å². The summed E-state index contributed by atoms with van der Waals surface area (Å²) in [5.74, 6) is -0.615. The van der Waals surface area contributed by atoms with Gasteiger partial charge in [0.05, 0.1) is 17.0 Å². The van der Waals surface area contributed by atoms with E-state index in [0.29, 0.717) is 23.5 Å². The van der Waals surface area contributed by atoms with Crippen molar-refractivity contribution in [3.8, 4) is 0 Å². The molecule has 1 N–H and O–H groups in total. The molecule has 0 bridgehead atoms. The van der Waals surface area contributed by atoms with Crippen molar-refractivity contribution in [2.45, 2.75) is 37.8 Å². The summed E-state index contributed by atoms with van der Waals surface area (Å²) in [7, 11) is 0. The predicted molar refractivity (Wildman–Crippen MR) is 113 cm³/mol. The predicted octanol–water partition coefficient (Wildman–Crippen LogP) is 3.71. The minimum atomic E-state index is -0.598. The van der Waals surface area contributed by atoms with Gasteiger partial charge >= 0.3 is 5.97 Å². The van der Waals surface area contributed by atoms with Gasteiger partial charge in [0.15, 0.2) is 6.61 Å². The van der Waals surface area contributed by atoms with E-state index in [4.69, 9.17) is 4.74 Å². The summed E-state index contributed by atoms with van der Waals surface area (Å²) in [6.07, 6.45) is 0. The topological polar surface area (TPSA) is 75.7 Å². The van der Waals surface area contributed by atoms with Crippen LogP contribution in [0.25, 0.3) is 0 Å². The molecule has 0 spiro atoms. The third-order valence-corrected chi connectivity index (χ3v) is 5.54. The molecule has 0 unspecified atom stereocenters. The van der Waals surface area contributed by atoms with Gasteiger partial charge in [-0.15, -0.1) is 11.8 Å². The van der Waals surface area contributed by atoms with Crippen LogP contribution in [0.15, 0.2) is 53.4 Å². The third kappa shape index (κ3) is 5.38. The van der Waals surface area contributed by atoms with Gasteiger partial charge in [-0.1, -0.05) is 30.3 Å². The first kappa shape index (κ1) is 20.9. The number of rotatable bonds is 5. The molecule has 1 aliphatic heterocycles. The fraction of sp³-hybridized carbons (Fsp3) is 0.318. The molecule has 0 aliphatic carbocycles. The number of fused-ring (bicyclic) bond motifs is 1. The average Bonchev–Trinajstić information content (AvgIpc) is 2.69. The lowest BCUT2D eigenvalue weighted by Gasteiger charge is -2.35. The Bertz CT molecular complexity index is 922. The van der Waals surface area contributed by atoms with Crippen molar-refractivity contribution in [1.82, 2.24) is 4.90 Å². The Labute approximate surface area is 174 Å². The number of thioether (sulfide) groups is 1. The molecular formula is C22H24N2O4S. The number of carbonyl (C=O) groups is 3. The Kier molecular flexibility index (Phi) is 6.27. The molecule has 6 nitrogen and oxygen atoms in total. The average molecular weight is 413 g/mol. The Morgan fingerprint density at radius 1 is 1.14 bits per heavy atom. The number of esters is 1. The van der Waals surface area contributed by atoms with Crippen LogP contribution in [0.4, 0.5) is 5.69 Å². The van der Waals surface area contributed by atoms with E-state index in [-0.39, 0.29) is 18.4 Å². The van der Waals surface area contributed by atoms with Crippen LogP contribution < -0.4 is 5.32 Å². The summed E-state index contributed by atoms with van der Waals surface area (Å²) < 4.78 is 5.27. The van der Waals surface area contributed by atoms with E-state index in [1.807, 2.05) is 51.1 Å². The fourth-order valence-corrected chi connectivity index (χ4v) is 3.75. The third-order valence-electron chi connectivity index (χ3n) is 4.47. The lowest BCUT2D eigenvalue weighted by atomic mass is 10.0. The second-order valence-corrected chi connectivity index (χ2v) is 8.78. The van der Waals surface area contributed by atoms with Crippen LogP contribution in [-0.2, 0) is 20.9 Å². The maximum Gasteiger partial charge on any atom is 0.338 e. The van der Waals surface area contributed by atoms with Gasteiger partial charge < -0.3 is 15.0 Å². The maximum absolute atomic E-state index is 12.8. The van der Waals surface area contributed by atoms with Crippen LogP contribution in [0.5, 0.6) is 0 Å². The minimum Gasteiger partial charge on any atom is -0.452 e. The minimum absolute atomic E-state index is 0.107. The first-order chi connectivity index (χ1) is 13.7. The van der Waals surface area contributed by atoms with Gasteiger partial charge in [0.25, 0.3) is 5.91 Å². The maximum atomic E-state index is 12.8. The molecule has 0 saturated carbocycles. The van der Waals surface area contributed by atoms with Crippen molar-refractivity contribution in [2.24, 2.45) is 0 Å². The molecule has 3 rings (SSSR count). The monoisotopic (exact) mass is 412 g/mol. The van der Waals surface area contributed by atoms with E-state index >= 15 is 0 Å². The summed E-state index contributed by atoms with van der Waals surface area (Å²) in [4.78, 5) is 39.4. The van der Waals surface area contributed by atoms with Gasteiger partial charge in [-0.25, -0.2) is 4.79 Å². The lowest BCUT2D eigenvalue weighted by Crippen LogP contribution is -2.46. The van der Waals surface area contributed by atoms with Crippen molar-refractivity contribution < 1.29 is 19.1 Å². The van der Waals surface area contributed by atoms with Gasteiger partial charge in [-0.05, 0) is 44.5 Å². The van der Waals surface area contributed by atoms with Gasteiger partial charge in [0.1, 0.15) is 0 Å². The van der Waals surface area contributed by atoms with E-state index in [9.17, 15) is 14.4 Å². The smallest absolute Gasteiger partial charge is 0.338 e. The van der Waals surface area contributed by atoms with E-state index in [2.05, 4.69) is 5.32 Å². The molecule has 7 heteroatoms. The molecule has 0 saturated heterocycles. The zero-order valence-electron chi connectivity index (χ0n) is 16.7. The van der Waals surface area contributed by atoms with Crippen molar-refractivity contribution in [2.75, 3.05) is 17.7 Å². The Morgan fingerprint density at radius 2 is 1.86 bits per heavy atom. The second-order valence-electron chi connectivity index (χ2n) is 7.76. The Morgan fingerprint density at radius 3 is 2.55 bits per heavy atom. The molecule has 2 aromatic rings. The van der Waals surface area contributed by atoms with E-state index in [0.717, 1.165) is 10.5 Å². The molecule has 0 fully saturated rings. The Balaban J connectivity index is 1.65. The number of anilines is 1. The zero-order valence-corrected chi connectivity index (χ0v) is 17.5. The van der Waals surface area contributed by atoms with Crippen LogP contribution >= 0.6 is 11.8 Å². The molecule has 1 heterocycles. The molecule has 29 heavy (non-hydrogen) atoms. The number of hydrogen-bond donors (Lipinski definition) is 1. The number of hydrogen-bond acceptors (Lipinski definition) is 5. The van der Waals surface area contributed by atoms with Crippen molar-refractivity contribution >= 4 is 35.2 Å². The van der Waals surface area contributed by atoms with Gasteiger partial charge in [0.2, 0.25) is 5.91 Å². The summed E-state index contributed by atoms with van der Waals surface area (Å²) in [6.45, 7) is 5.92. The summed E-state index contributed by atoms with van der Waals surface area (Å²) in [5.41, 5.74) is 1.47. The van der Waals surface area contributed by atoms with Gasteiger partial charge in [-0.2, -0.15) is 0 Å². The van der Waals surface area contributed by atoms with Crippen molar-refractivity contribution in [3.05, 3.63) is 59.7 Å². The highest BCUT2D eigenvalue weighted by Gasteiger charge is 2.27. The van der Waals surface area contributed by atoms with Crippen LogP contribution in [0.2, 0.25) is 0 Å². The zero-order chi connectivity index (χ0) is 21.0. The lowest BCUT2D eigenvalue weighted by molar-refractivity contribution is -0.140. The van der Waals surface area contributed by atoms with E-state index < -0.39 is 11.5 Å². The number of amides is 2. The SMILES string of the molecule is CC(C)(C)N(Cc1ccccc1)C(=O)COC(=O)c1ccc2c(c1)NC(=O)CS2. The first-order valence-electron chi connectivity index (χ1n) is 9.32. The highest BCUT2D eigenvalue weighted by Crippen LogP contribution is 2.32.